The van der Waals surface area contributed by atoms with Crippen LogP contribution in [0.25, 0.3) is 27.8 Å². The van der Waals surface area contributed by atoms with Gasteiger partial charge in [-0.3, -0.25) is 0 Å². The van der Waals surface area contributed by atoms with E-state index in [1.165, 1.54) is 50.3 Å². The number of allylic oxidation sites excluding steroid dienone is 2. The number of hydrogen-bond donors (Lipinski definition) is 0. The van der Waals surface area contributed by atoms with Crippen molar-refractivity contribution in [2.75, 3.05) is 6.61 Å². The molecule has 5 heteroatoms. The molecule has 198 valence electrons. The summed E-state index contributed by atoms with van der Waals surface area (Å²) in [6.45, 7) is 3.55. The van der Waals surface area contributed by atoms with Crippen LogP contribution in [0.5, 0.6) is 5.75 Å². The van der Waals surface area contributed by atoms with Gasteiger partial charge in [-0.15, -0.1) is 0 Å². The molecule has 38 heavy (non-hydrogen) atoms. The molecule has 1 atom stereocenters. The van der Waals surface area contributed by atoms with E-state index in [1.54, 1.807) is 36.4 Å². The second-order valence-corrected chi connectivity index (χ2v) is 10.4. The van der Waals surface area contributed by atoms with E-state index in [1.807, 2.05) is 0 Å². The highest BCUT2D eigenvalue weighted by atomic mass is 19.2. The van der Waals surface area contributed by atoms with Crippen molar-refractivity contribution >= 4 is 5.57 Å². The number of rotatable bonds is 7. The summed E-state index contributed by atoms with van der Waals surface area (Å²) in [6.07, 6.45) is 12.8. The summed E-state index contributed by atoms with van der Waals surface area (Å²) in [5, 5.41) is 0. The van der Waals surface area contributed by atoms with E-state index in [0.29, 0.717) is 22.6 Å². The summed E-state index contributed by atoms with van der Waals surface area (Å²) in [5.74, 6) is -2.63. The molecule has 0 aromatic heterocycles. The van der Waals surface area contributed by atoms with Gasteiger partial charge in [-0.1, -0.05) is 87.2 Å². The summed E-state index contributed by atoms with van der Waals surface area (Å²) in [5.41, 5.74) is 2.28. The maximum atomic E-state index is 15.2. The topological polar surface area (TPSA) is 9.23 Å². The molecule has 1 fully saturated rings. The highest BCUT2D eigenvalue weighted by Gasteiger charge is 2.27. The first-order valence-electron chi connectivity index (χ1n) is 13.5. The molecule has 3 aromatic rings. The van der Waals surface area contributed by atoms with Crippen LogP contribution in [0.3, 0.4) is 0 Å². The van der Waals surface area contributed by atoms with E-state index >= 15 is 8.78 Å². The van der Waals surface area contributed by atoms with Crippen molar-refractivity contribution in [3.63, 3.8) is 0 Å². The standard InChI is InChI=1S/C33H32F4O/c1-2-20-38-29-19-18-28(32(36)33(29)37)25-14-12-24(13-15-25)27-17-16-26(30(34)31(27)35)23-10-8-22(9-11-23)21-6-4-3-5-7-21/h2,10,12-19,21-22H,1,3-9,11,20H2. The lowest BCUT2D eigenvalue weighted by Crippen LogP contribution is -2.19. The Labute approximate surface area is 221 Å². The molecule has 0 radical (unpaired) electrons. The fourth-order valence-corrected chi connectivity index (χ4v) is 6.00. The van der Waals surface area contributed by atoms with Crippen molar-refractivity contribution in [1.82, 2.24) is 0 Å². The van der Waals surface area contributed by atoms with Crippen LogP contribution in [0.15, 0.2) is 67.3 Å². The highest BCUT2D eigenvalue weighted by Crippen LogP contribution is 2.41. The van der Waals surface area contributed by atoms with Crippen molar-refractivity contribution in [2.45, 2.75) is 51.4 Å². The van der Waals surface area contributed by atoms with Gasteiger partial charge in [0, 0.05) is 16.7 Å². The average molecular weight is 521 g/mol. The molecule has 0 amide bonds. The van der Waals surface area contributed by atoms with Gasteiger partial charge in [-0.2, -0.15) is 4.39 Å². The van der Waals surface area contributed by atoms with Crippen LogP contribution in [0.2, 0.25) is 0 Å². The second-order valence-electron chi connectivity index (χ2n) is 10.4. The number of ether oxygens (including phenoxy) is 1. The quantitative estimate of drug-likeness (QED) is 0.222. The maximum absolute atomic E-state index is 15.2. The molecular formula is C33H32F4O. The molecule has 0 saturated heterocycles. The molecule has 3 aromatic carbocycles. The molecule has 5 rings (SSSR count). The zero-order valence-corrected chi connectivity index (χ0v) is 21.4. The van der Waals surface area contributed by atoms with Gasteiger partial charge in [0.25, 0.3) is 0 Å². The molecule has 0 aliphatic heterocycles. The van der Waals surface area contributed by atoms with Crippen LogP contribution in [0.1, 0.15) is 56.9 Å². The predicted molar refractivity (Wildman–Crippen MR) is 145 cm³/mol. The minimum absolute atomic E-state index is 0.0535. The first kappa shape index (κ1) is 26.3. The van der Waals surface area contributed by atoms with Crippen LogP contribution in [-0.4, -0.2) is 6.61 Å². The van der Waals surface area contributed by atoms with Gasteiger partial charge in [0.1, 0.15) is 6.61 Å². The lowest BCUT2D eigenvalue weighted by Gasteiger charge is -2.32. The number of halogens is 4. The lowest BCUT2D eigenvalue weighted by atomic mass is 9.73. The molecule has 1 unspecified atom stereocenters. The van der Waals surface area contributed by atoms with Gasteiger partial charge in [0.2, 0.25) is 5.82 Å². The molecule has 1 saturated carbocycles. The smallest absolute Gasteiger partial charge is 0.201 e. The molecular weight excluding hydrogens is 488 g/mol. The number of hydrogen-bond acceptors (Lipinski definition) is 1. The van der Waals surface area contributed by atoms with Gasteiger partial charge in [0.15, 0.2) is 23.2 Å². The van der Waals surface area contributed by atoms with Crippen molar-refractivity contribution in [3.05, 3.63) is 96.1 Å². The minimum Gasteiger partial charge on any atom is -0.486 e. The third kappa shape index (κ3) is 5.29. The Bertz CT molecular complexity index is 1340. The summed E-state index contributed by atoms with van der Waals surface area (Å²) in [6, 6.07) is 12.3. The monoisotopic (exact) mass is 520 g/mol. The van der Waals surface area contributed by atoms with E-state index in [0.717, 1.165) is 30.8 Å². The third-order valence-electron chi connectivity index (χ3n) is 8.11. The Morgan fingerprint density at radius 3 is 1.87 bits per heavy atom. The fourth-order valence-electron chi connectivity index (χ4n) is 6.00. The summed E-state index contributed by atoms with van der Waals surface area (Å²) in [7, 11) is 0. The summed E-state index contributed by atoms with van der Waals surface area (Å²) >= 11 is 0. The second kappa shape index (κ2) is 11.6. The zero-order chi connectivity index (χ0) is 26.6. The van der Waals surface area contributed by atoms with E-state index in [2.05, 4.69) is 12.7 Å². The third-order valence-corrected chi connectivity index (χ3v) is 8.11. The Morgan fingerprint density at radius 1 is 0.684 bits per heavy atom. The van der Waals surface area contributed by atoms with Crippen molar-refractivity contribution in [1.29, 1.82) is 0 Å². The zero-order valence-electron chi connectivity index (χ0n) is 21.4. The largest absolute Gasteiger partial charge is 0.486 e. The van der Waals surface area contributed by atoms with Gasteiger partial charge in [-0.25, -0.2) is 13.2 Å². The van der Waals surface area contributed by atoms with Crippen molar-refractivity contribution < 1.29 is 22.3 Å². The van der Waals surface area contributed by atoms with E-state index < -0.39 is 23.3 Å². The Balaban J connectivity index is 1.34. The molecule has 0 bridgehead atoms. The van der Waals surface area contributed by atoms with Gasteiger partial charge >= 0.3 is 0 Å². The molecule has 0 spiro atoms. The number of benzene rings is 3. The molecule has 1 nitrogen and oxygen atoms in total. The van der Waals surface area contributed by atoms with Crippen molar-refractivity contribution in [2.24, 2.45) is 11.8 Å². The van der Waals surface area contributed by atoms with E-state index in [4.69, 9.17) is 4.74 Å². The highest BCUT2D eigenvalue weighted by molar-refractivity contribution is 5.74. The molecule has 0 heterocycles. The SMILES string of the molecule is C=CCOc1ccc(-c2ccc(-c3ccc(C4=CCC(C5CCCCC5)CC4)c(F)c3F)cc2)c(F)c1F. The predicted octanol–water partition coefficient (Wildman–Crippen LogP) is 9.91. The fraction of sp³-hybridized carbons (Fsp3) is 0.333. The normalized spacial score (nSPS) is 18.2. The molecule has 2 aliphatic carbocycles. The van der Waals surface area contributed by atoms with Gasteiger partial charge < -0.3 is 4.74 Å². The maximum Gasteiger partial charge on any atom is 0.201 e. The Morgan fingerprint density at radius 2 is 1.26 bits per heavy atom. The lowest BCUT2D eigenvalue weighted by molar-refractivity contribution is 0.235. The first-order valence-corrected chi connectivity index (χ1v) is 13.5. The van der Waals surface area contributed by atoms with Crippen molar-refractivity contribution in [3.8, 4) is 28.0 Å². The Kier molecular flexibility index (Phi) is 8.01. The van der Waals surface area contributed by atoms with Crippen LogP contribution in [0, 0.1) is 35.1 Å². The van der Waals surface area contributed by atoms with Gasteiger partial charge in [0.05, 0.1) is 0 Å². The first-order chi connectivity index (χ1) is 18.5. The van der Waals surface area contributed by atoms with E-state index in [-0.39, 0.29) is 23.5 Å². The van der Waals surface area contributed by atoms with Crippen LogP contribution >= 0.6 is 0 Å². The van der Waals surface area contributed by atoms with Crippen LogP contribution < -0.4 is 4.74 Å². The summed E-state index contributed by atoms with van der Waals surface area (Å²) < 4.78 is 64.6. The van der Waals surface area contributed by atoms with E-state index in [9.17, 15) is 8.78 Å². The van der Waals surface area contributed by atoms with Crippen LogP contribution in [0.4, 0.5) is 17.6 Å². The molecule has 2 aliphatic rings. The summed E-state index contributed by atoms with van der Waals surface area (Å²) in [4.78, 5) is 0. The van der Waals surface area contributed by atoms with Gasteiger partial charge in [-0.05, 0) is 59.9 Å². The Hall–Kier alpha value is -3.34. The van der Waals surface area contributed by atoms with Crippen LogP contribution in [-0.2, 0) is 0 Å². The molecule has 0 N–H and O–H groups in total. The minimum atomic E-state index is -1.08. The average Bonchev–Trinajstić information content (AvgIpc) is 2.96.